The van der Waals surface area contributed by atoms with Crippen LogP contribution in [0.3, 0.4) is 0 Å². The lowest BCUT2D eigenvalue weighted by molar-refractivity contribution is 0.146. The molecule has 0 heterocycles. The summed E-state index contributed by atoms with van der Waals surface area (Å²) in [6.45, 7) is 2.98. The molecule has 2 rings (SSSR count). The Morgan fingerprint density at radius 3 is 2.84 bits per heavy atom. The summed E-state index contributed by atoms with van der Waals surface area (Å²) in [6, 6.07) is 9.10. The third kappa shape index (κ3) is 3.78. The summed E-state index contributed by atoms with van der Waals surface area (Å²) in [6.07, 6.45) is 4.76. The highest BCUT2D eigenvalue weighted by Gasteiger charge is 2.26. The molecule has 4 N–H and O–H groups in total. The maximum Gasteiger partial charge on any atom is 0.0474 e. The minimum Gasteiger partial charge on any atom is -0.396 e. The minimum absolute atomic E-state index is 0.192. The normalized spacial score (nSPS) is 25.2. The van der Waals surface area contributed by atoms with E-state index < -0.39 is 0 Å². The summed E-state index contributed by atoms with van der Waals surface area (Å²) in [5, 5.41) is 13.2. The van der Waals surface area contributed by atoms with Crippen LogP contribution >= 0.6 is 0 Å². The smallest absolute Gasteiger partial charge is 0.0474 e. The summed E-state index contributed by atoms with van der Waals surface area (Å²) in [7, 11) is 0. The van der Waals surface area contributed by atoms with Crippen LogP contribution in [0.5, 0.6) is 0 Å². The van der Waals surface area contributed by atoms with E-state index in [-0.39, 0.29) is 12.6 Å². The molecular formula is C16H26N2O. The zero-order chi connectivity index (χ0) is 13.7. The predicted molar refractivity (Wildman–Crippen MR) is 78.9 cm³/mol. The molecule has 3 unspecified atom stereocenters. The van der Waals surface area contributed by atoms with Crippen LogP contribution < -0.4 is 11.1 Å². The number of aryl methyl sites for hydroxylation is 1. The first-order valence-electron chi connectivity index (χ1n) is 7.38. The van der Waals surface area contributed by atoms with Gasteiger partial charge in [0.05, 0.1) is 0 Å². The van der Waals surface area contributed by atoms with Crippen LogP contribution in [0.4, 0.5) is 0 Å². The number of aliphatic hydroxyl groups excluding tert-OH is 1. The van der Waals surface area contributed by atoms with Crippen molar-refractivity contribution in [1.82, 2.24) is 5.32 Å². The van der Waals surface area contributed by atoms with Crippen molar-refractivity contribution in [2.45, 2.75) is 44.7 Å². The molecule has 0 aromatic heterocycles. The van der Waals surface area contributed by atoms with Crippen LogP contribution in [0.15, 0.2) is 24.3 Å². The summed E-state index contributed by atoms with van der Waals surface area (Å²) >= 11 is 0. The van der Waals surface area contributed by atoms with Gasteiger partial charge in [0.2, 0.25) is 0 Å². The summed E-state index contributed by atoms with van der Waals surface area (Å²) in [4.78, 5) is 0. The van der Waals surface area contributed by atoms with Crippen molar-refractivity contribution < 1.29 is 5.11 Å². The molecule has 0 radical (unpaired) electrons. The second-order valence-corrected chi connectivity index (χ2v) is 5.70. The van der Waals surface area contributed by atoms with Crippen molar-refractivity contribution in [3.8, 4) is 0 Å². The fourth-order valence-corrected chi connectivity index (χ4v) is 3.09. The number of benzene rings is 1. The van der Waals surface area contributed by atoms with Crippen molar-refractivity contribution in [1.29, 1.82) is 0 Å². The van der Waals surface area contributed by atoms with Crippen LogP contribution in [0, 0.1) is 12.8 Å². The van der Waals surface area contributed by atoms with Crippen LogP contribution in [-0.2, 0) is 0 Å². The summed E-state index contributed by atoms with van der Waals surface area (Å²) in [5.41, 5.74) is 8.45. The average molecular weight is 262 g/mol. The Kier molecular flexibility index (Phi) is 5.37. The standard InChI is InChI=1S/C16H26N2O/c1-12-5-4-7-13(9-12)16(10-17)18-15-8-3-2-6-14(15)11-19/h4-5,7,9,14-16,18-19H,2-3,6,8,10-11,17H2,1H3. The largest absolute Gasteiger partial charge is 0.396 e. The van der Waals surface area contributed by atoms with Gasteiger partial charge in [0, 0.05) is 25.2 Å². The molecule has 19 heavy (non-hydrogen) atoms. The third-order valence-corrected chi connectivity index (χ3v) is 4.24. The molecule has 1 aromatic carbocycles. The van der Waals surface area contributed by atoms with Crippen molar-refractivity contribution in [2.75, 3.05) is 13.2 Å². The zero-order valence-electron chi connectivity index (χ0n) is 11.8. The highest BCUT2D eigenvalue weighted by Crippen LogP contribution is 2.26. The monoisotopic (exact) mass is 262 g/mol. The van der Waals surface area contributed by atoms with E-state index >= 15 is 0 Å². The summed E-state index contributed by atoms with van der Waals surface area (Å²) < 4.78 is 0. The highest BCUT2D eigenvalue weighted by atomic mass is 16.3. The predicted octanol–water partition coefficient (Wildman–Crippen LogP) is 2.14. The lowest BCUT2D eigenvalue weighted by atomic mass is 9.84. The van der Waals surface area contributed by atoms with E-state index in [0.29, 0.717) is 18.5 Å². The molecule has 1 aliphatic rings. The van der Waals surface area contributed by atoms with E-state index in [0.717, 1.165) is 12.8 Å². The Labute approximate surface area is 116 Å². The Morgan fingerprint density at radius 2 is 2.16 bits per heavy atom. The van der Waals surface area contributed by atoms with E-state index in [9.17, 15) is 5.11 Å². The molecule has 0 bridgehead atoms. The van der Waals surface area contributed by atoms with Crippen molar-refractivity contribution >= 4 is 0 Å². The minimum atomic E-state index is 0.192. The van der Waals surface area contributed by atoms with Gasteiger partial charge < -0.3 is 16.2 Å². The van der Waals surface area contributed by atoms with Gasteiger partial charge in [-0.3, -0.25) is 0 Å². The topological polar surface area (TPSA) is 58.3 Å². The Morgan fingerprint density at radius 1 is 1.37 bits per heavy atom. The first-order valence-corrected chi connectivity index (χ1v) is 7.38. The Balaban J connectivity index is 2.05. The van der Waals surface area contributed by atoms with Gasteiger partial charge >= 0.3 is 0 Å². The molecule has 3 nitrogen and oxygen atoms in total. The molecule has 1 aliphatic carbocycles. The molecule has 1 aromatic rings. The van der Waals surface area contributed by atoms with Crippen LogP contribution in [0.2, 0.25) is 0 Å². The number of aliphatic hydroxyl groups is 1. The molecule has 1 fully saturated rings. The number of hydrogen-bond acceptors (Lipinski definition) is 3. The molecule has 0 aliphatic heterocycles. The zero-order valence-corrected chi connectivity index (χ0v) is 11.8. The van der Waals surface area contributed by atoms with Gasteiger partial charge in [-0.2, -0.15) is 0 Å². The van der Waals surface area contributed by atoms with E-state index in [2.05, 4.69) is 36.5 Å². The summed E-state index contributed by atoms with van der Waals surface area (Å²) in [5.74, 6) is 0.382. The fourth-order valence-electron chi connectivity index (χ4n) is 3.09. The van der Waals surface area contributed by atoms with Crippen LogP contribution in [-0.4, -0.2) is 24.3 Å². The number of nitrogens with one attached hydrogen (secondary N) is 1. The molecule has 0 saturated heterocycles. The lowest BCUT2D eigenvalue weighted by Gasteiger charge is -2.34. The fraction of sp³-hybridized carbons (Fsp3) is 0.625. The molecule has 1 saturated carbocycles. The number of hydrogen-bond donors (Lipinski definition) is 3. The maximum atomic E-state index is 9.49. The molecule has 106 valence electrons. The SMILES string of the molecule is Cc1cccc(C(CN)NC2CCCCC2CO)c1. The van der Waals surface area contributed by atoms with Gasteiger partial charge in [0.1, 0.15) is 0 Å². The third-order valence-electron chi connectivity index (χ3n) is 4.24. The molecule has 0 spiro atoms. The van der Waals surface area contributed by atoms with Crippen molar-refractivity contribution in [3.05, 3.63) is 35.4 Å². The quantitative estimate of drug-likeness (QED) is 0.762. The molecule has 0 amide bonds. The molecule has 3 heteroatoms. The maximum absolute atomic E-state index is 9.49. The molecular weight excluding hydrogens is 236 g/mol. The second kappa shape index (κ2) is 7.04. The van der Waals surface area contributed by atoms with E-state index in [4.69, 9.17) is 5.73 Å². The number of nitrogens with two attached hydrogens (primary N) is 1. The Hall–Kier alpha value is -0.900. The second-order valence-electron chi connectivity index (χ2n) is 5.70. The highest BCUT2D eigenvalue weighted by molar-refractivity contribution is 5.25. The van der Waals surface area contributed by atoms with Gasteiger partial charge in [-0.1, -0.05) is 42.7 Å². The van der Waals surface area contributed by atoms with Crippen LogP contribution in [0.25, 0.3) is 0 Å². The van der Waals surface area contributed by atoms with Gasteiger partial charge in [-0.15, -0.1) is 0 Å². The average Bonchev–Trinajstić information content (AvgIpc) is 2.45. The van der Waals surface area contributed by atoms with Crippen molar-refractivity contribution in [2.24, 2.45) is 11.7 Å². The van der Waals surface area contributed by atoms with Gasteiger partial charge in [0.25, 0.3) is 0 Å². The van der Waals surface area contributed by atoms with E-state index in [1.165, 1.54) is 24.0 Å². The Bertz CT molecular complexity index is 394. The van der Waals surface area contributed by atoms with E-state index in [1.54, 1.807) is 0 Å². The first kappa shape index (κ1) is 14.5. The van der Waals surface area contributed by atoms with Gasteiger partial charge in [-0.05, 0) is 31.2 Å². The first-order chi connectivity index (χ1) is 9.24. The van der Waals surface area contributed by atoms with E-state index in [1.807, 2.05) is 0 Å². The van der Waals surface area contributed by atoms with Crippen LogP contribution in [0.1, 0.15) is 42.9 Å². The van der Waals surface area contributed by atoms with Gasteiger partial charge in [-0.25, -0.2) is 0 Å². The molecule has 3 atom stereocenters. The van der Waals surface area contributed by atoms with Gasteiger partial charge in [0.15, 0.2) is 0 Å². The van der Waals surface area contributed by atoms with Crippen molar-refractivity contribution in [3.63, 3.8) is 0 Å². The lowest BCUT2D eigenvalue weighted by Crippen LogP contribution is -2.44. The number of rotatable bonds is 5.